The number of rotatable bonds is 5. The number of carbonyl (C=O) groups excluding carboxylic acids is 1. The zero-order valence-electron chi connectivity index (χ0n) is 11.6. The molecule has 0 saturated heterocycles. The minimum atomic E-state index is -1.06. The van der Waals surface area contributed by atoms with Crippen LogP contribution in [0.4, 0.5) is 10.1 Å². The van der Waals surface area contributed by atoms with E-state index in [4.69, 9.17) is 9.84 Å². The maximum absolute atomic E-state index is 13.8. The molecule has 1 amide bonds. The molecule has 7 heteroatoms. The van der Waals surface area contributed by atoms with Crippen LogP contribution in [0.15, 0.2) is 18.2 Å². The van der Waals surface area contributed by atoms with Gasteiger partial charge in [-0.15, -0.1) is 0 Å². The van der Waals surface area contributed by atoms with Gasteiger partial charge in [-0.05, 0) is 18.6 Å². The molecule has 1 unspecified atom stereocenters. The lowest BCUT2D eigenvalue weighted by molar-refractivity contribution is -0.136. The van der Waals surface area contributed by atoms with Crippen molar-refractivity contribution < 1.29 is 23.8 Å². The molecular weight excluding hydrogens is 279 g/mol. The molecule has 1 aromatic carbocycles. The summed E-state index contributed by atoms with van der Waals surface area (Å²) in [6.45, 7) is 2.14. The Bertz CT molecular complexity index is 550. The summed E-state index contributed by atoms with van der Waals surface area (Å²) in [5.41, 5.74) is 0.344. The van der Waals surface area contributed by atoms with E-state index in [1.54, 1.807) is 6.07 Å². The zero-order valence-corrected chi connectivity index (χ0v) is 11.6. The third-order valence-electron chi connectivity index (χ3n) is 3.10. The molecule has 1 heterocycles. The number of nitrogens with zero attached hydrogens (tertiary/aromatic N) is 1. The minimum Gasteiger partial charge on any atom is -0.480 e. The highest BCUT2D eigenvalue weighted by molar-refractivity contribution is 5.84. The van der Waals surface area contributed by atoms with E-state index in [9.17, 15) is 14.0 Å². The zero-order chi connectivity index (χ0) is 15.4. The van der Waals surface area contributed by atoms with Gasteiger partial charge >= 0.3 is 5.97 Å². The van der Waals surface area contributed by atoms with Crippen molar-refractivity contribution in [3.8, 4) is 5.75 Å². The predicted octanol–water partition coefficient (Wildman–Crippen LogP) is 1.00. The number of hydrogen-bond donors (Lipinski definition) is 2. The Kier molecular flexibility index (Phi) is 4.62. The van der Waals surface area contributed by atoms with Crippen molar-refractivity contribution in [2.75, 3.05) is 24.5 Å². The molecule has 1 aliphatic heterocycles. The fraction of sp³-hybridized carbons (Fsp3) is 0.429. The van der Waals surface area contributed by atoms with Gasteiger partial charge in [-0.2, -0.15) is 0 Å². The summed E-state index contributed by atoms with van der Waals surface area (Å²) in [6.07, 6.45) is -0.164. The molecule has 1 aliphatic rings. The first-order valence-corrected chi connectivity index (χ1v) is 6.72. The van der Waals surface area contributed by atoms with Gasteiger partial charge in [0.2, 0.25) is 0 Å². The van der Waals surface area contributed by atoms with E-state index in [1.165, 1.54) is 17.0 Å². The molecule has 1 aromatic rings. The topological polar surface area (TPSA) is 78.9 Å². The largest absolute Gasteiger partial charge is 0.480 e. The third-order valence-corrected chi connectivity index (χ3v) is 3.10. The molecule has 0 aliphatic carbocycles. The van der Waals surface area contributed by atoms with Gasteiger partial charge in [-0.25, -0.2) is 4.39 Å². The summed E-state index contributed by atoms with van der Waals surface area (Å²) in [6, 6.07) is 4.26. The van der Waals surface area contributed by atoms with Gasteiger partial charge in [0.05, 0.1) is 12.2 Å². The van der Waals surface area contributed by atoms with E-state index >= 15 is 0 Å². The number of carboxylic acids is 1. The number of amides is 1. The Labute approximate surface area is 121 Å². The van der Waals surface area contributed by atoms with E-state index in [0.29, 0.717) is 12.2 Å². The molecular formula is C14H17FN2O4. The van der Waals surface area contributed by atoms with Gasteiger partial charge in [0.1, 0.15) is 6.54 Å². The first kappa shape index (κ1) is 15.1. The maximum Gasteiger partial charge on any atom is 0.323 e. The van der Waals surface area contributed by atoms with Gasteiger partial charge in [0.25, 0.3) is 5.91 Å². The van der Waals surface area contributed by atoms with Crippen LogP contribution >= 0.6 is 0 Å². The van der Waals surface area contributed by atoms with E-state index in [0.717, 1.165) is 6.42 Å². The fourth-order valence-electron chi connectivity index (χ4n) is 2.15. The average molecular weight is 296 g/mol. The Balaban J connectivity index is 2.25. The smallest absolute Gasteiger partial charge is 0.323 e. The lowest BCUT2D eigenvalue weighted by Gasteiger charge is -2.34. The molecule has 0 fully saturated rings. The monoisotopic (exact) mass is 296 g/mol. The number of para-hydroxylation sites is 1. The van der Waals surface area contributed by atoms with Crippen LogP contribution in [-0.2, 0) is 9.59 Å². The molecule has 2 N–H and O–H groups in total. The van der Waals surface area contributed by atoms with Gasteiger partial charge in [0.15, 0.2) is 17.7 Å². The molecule has 6 nitrogen and oxygen atoms in total. The number of benzene rings is 1. The van der Waals surface area contributed by atoms with Gasteiger partial charge in [-0.1, -0.05) is 13.0 Å². The van der Waals surface area contributed by atoms with Crippen molar-refractivity contribution in [1.29, 1.82) is 0 Å². The van der Waals surface area contributed by atoms with Crippen LogP contribution < -0.4 is 15.0 Å². The number of aliphatic carboxylic acids is 1. The molecule has 0 saturated carbocycles. The summed E-state index contributed by atoms with van der Waals surface area (Å²) < 4.78 is 19.3. The highest BCUT2D eigenvalue weighted by atomic mass is 19.1. The van der Waals surface area contributed by atoms with Crippen molar-refractivity contribution in [3.05, 3.63) is 24.0 Å². The number of hydrogen-bond acceptors (Lipinski definition) is 4. The Morgan fingerprint density at radius 1 is 1.52 bits per heavy atom. The van der Waals surface area contributed by atoms with E-state index in [-0.39, 0.29) is 24.7 Å². The summed E-state index contributed by atoms with van der Waals surface area (Å²) in [5, 5.41) is 11.6. The number of ether oxygens (including phenoxy) is 1. The second kappa shape index (κ2) is 6.43. The third kappa shape index (κ3) is 3.42. The highest BCUT2D eigenvalue weighted by Gasteiger charge is 2.33. The van der Waals surface area contributed by atoms with Gasteiger partial charge < -0.3 is 20.1 Å². The Morgan fingerprint density at radius 3 is 2.95 bits per heavy atom. The number of nitrogens with one attached hydrogen (secondary N) is 1. The normalized spacial score (nSPS) is 16.9. The summed E-state index contributed by atoms with van der Waals surface area (Å²) >= 11 is 0. The van der Waals surface area contributed by atoms with Crippen LogP contribution in [0, 0.1) is 5.82 Å². The van der Waals surface area contributed by atoms with Crippen LogP contribution in [0.2, 0.25) is 0 Å². The Hall–Kier alpha value is -2.31. The van der Waals surface area contributed by atoms with Crippen molar-refractivity contribution in [2.45, 2.75) is 19.4 Å². The quantitative estimate of drug-likeness (QED) is 0.847. The lowest BCUT2D eigenvalue weighted by Crippen LogP contribution is -2.50. The lowest BCUT2D eigenvalue weighted by atomic mass is 10.1. The van der Waals surface area contributed by atoms with Crippen LogP contribution in [-0.4, -0.2) is 42.7 Å². The average Bonchev–Trinajstić information content (AvgIpc) is 2.45. The first-order valence-electron chi connectivity index (χ1n) is 6.72. The van der Waals surface area contributed by atoms with Gasteiger partial charge in [0, 0.05) is 6.54 Å². The standard InChI is InChI=1S/C14H17FN2O4/c1-2-6-16-14(20)11-7-17(8-12(18)19)10-5-3-4-9(15)13(10)21-11/h3-5,11H,2,6-8H2,1H3,(H,16,20)(H,18,19). The minimum absolute atomic E-state index is 0.0678. The molecule has 21 heavy (non-hydrogen) atoms. The molecule has 114 valence electrons. The van der Waals surface area contributed by atoms with Crippen LogP contribution in [0.25, 0.3) is 0 Å². The van der Waals surface area contributed by atoms with E-state index in [1.807, 2.05) is 6.92 Å². The predicted molar refractivity (Wildman–Crippen MR) is 74.0 cm³/mol. The van der Waals surface area contributed by atoms with Crippen molar-refractivity contribution in [3.63, 3.8) is 0 Å². The van der Waals surface area contributed by atoms with E-state index in [2.05, 4.69) is 5.32 Å². The highest BCUT2D eigenvalue weighted by Crippen LogP contribution is 2.35. The molecule has 0 radical (unpaired) electrons. The summed E-state index contributed by atoms with van der Waals surface area (Å²) in [7, 11) is 0. The van der Waals surface area contributed by atoms with Crippen molar-refractivity contribution in [1.82, 2.24) is 5.32 Å². The van der Waals surface area contributed by atoms with Crippen molar-refractivity contribution >= 4 is 17.6 Å². The van der Waals surface area contributed by atoms with Crippen molar-refractivity contribution in [2.24, 2.45) is 0 Å². The SMILES string of the molecule is CCCNC(=O)C1CN(CC(=O)O)c2cccc(F)c2O1. The maximum atomic E-state index is 13.8. The second-order valence-electron chi connectivity index (χ2n) is 4.76. The number of carbonyl (C=O) groups is 2. The van der Waals surface area contributed by atoms with Crippen LogP contribution in [0.5, 0.6) is 5.75 Å². The molecule has 2 rings (SSSR count). The molecule has 0 bridgehead atoms. The fourth-order valence-corrected chi connectivity index (χ4v) is 2.15. The van der Waals surface area contributed by atoms with Crippen LogP contribution in [0.3, 0.4) is 0 Å². The summed E-state index contributed by atoms with van der Waals surface area (Å²) in [5.74, 6) is -2.13. The summed E-state index contributed by atoms with van der Waals surface area (Å²) in [4.78, 5) is 24.3. The number of anilines is 1. The van der Waals surface area contributed by atoms with E-state index < -0.39 is 17.9 Å². The number of carboxylic acid groups (broad SMARTS) is 1. The molecule has 1 atom stereocenters. The Morgan fingerprint density at radius 2 is 2.29 bits per heavy atom. The number of halogens is 1. The van der Waals surface area contributed by atoms with Gasteiger partial charge in [-0.3, -0.25) is 9.59 Å². The first-order chi connectivity index (χ1) is 10.0. The van der Waals surface area contributed by atoms with Crippen LogP contribution in [0.1, 0.15) is 13.3 Å². The number of fused-ring (bicyclic) bond motifs is 1. The molecule has 0 aromatic heterocycles. The molecule has 0 spiro atoms. The second-order valence-corrected chi connectivity index (χ2v) is 4.76.